The Labute approximate surface area is 105 Å². The quantitative estimate of drug-likeness (QED) is 0.832. The molecule has 0 aliphatic heterocycles. The van der Waals surface area contributed by atoms with E-state index in [1.807, 2.05) is 30.3 Å². The van der Waals surface area contributed by atoms with Gasteiger partial charge in [0.15, 0.2) is 0 Å². The molecule has 1 aromatic carbocycles. The maximum Gasteiger partial charge on any atom is 0.206 e. The number of ether oxygens (including phenoxy) is 1. The molecule has 18 heavy (non-hydrogen) atoms. The van der Waals surface area contributed by atoms with Gasteiger partial charge in [-0.25, -0.2) is 4.98 Å². The van der Waals surface area contributed by atoms with E-state index in [9.17, 15) is 4.79 Å². The van der Waals surface area contributed by atoms with Crippen molar-refractivity contribution in [3.05, 3.63) is 59.9 Å². The summed E-state index contributed by atoms with van der Waals surface area (Å²) in [6.07, 6.45) is 1.55. The molecule has 0 bridgehead atoms. The zero-order valence-corrected chi connectivity index (χ0v) is 10.0. The van der Waals surface area contributed by atoms with Gasteiger partial charge in [-0.1, -0.05) is 30.3 Å². The molecule has 0 amide bonds. The zero-order chi connectivity index (χ0) is 13.0. The van der Waals surface area contributed by atoms with Gasteiger partial charge in [0, 0.05) is 6.20 Å². The van der Waals surface area contributed by atoms with Crippen LogP contribution < -0.4 is 10.5 Å². The van der Waals surface area contributed by atoms with Gasteiger partial charge < -0.3 is 10.5 Å². The molecule has 2 rings (SSSR count). The smallest absolute Gasteiger partial charge is 0.206 e. The Kier molecular flexibility index (Phi) is 3.69. The number of hydrogen-bond acceptors (Lipinski definition) is 4. The van der Waals surface area contributed by atoms with Gasteiger partial charge in [0.2, 0.25) is 5.78 Å². The third-order valence-corrected chi connectivity index (χ3v) is 2.67. The van der Waals surface area contributed by atoms with Crippen molar-refractivity contribution in [1.29, 1.82) is 0 Å². The predicted molar refractivity (Wildman–Crippen MR) is 68.5 cm³/mol. The number of hydrogen-bond donors (Lipinski definition) is 1. The molecule has 0 saturated carbocycles. The maximum absolute atomic E-state index is 12.3. The third-order valence-electron chi connectivity index (χ3n) is 2.67. The Morgan fingerprint density at radius 3 is 2.61 bits per heavy atom. The van der Waals surface area contributed by atoms with Crippen LogP contribution in [0.3, 0.4) is 0 Å². The van der Waals surface area contributed by atoms with E-state index in [0.717, 1.165) is 5.56 Å². The molecule has 0 fully saturated rings. The molecule has 0 aliphatic carbocycles. The van der Waals surface area contributed by atoms with E-state index in [4.69, 9.17) is 10.5 Å². The Bertz CT molecular complexity index is 541. The standard InChI is InChI=1S/C14H14N2O2/c1-18-11-8-5-9-16-13(11)14(17)12(15)10-6-3-2-4-7-10/h2-9,12H,15H2,1H3. The summed E-state index contributed by atoms with van der Waals surface area (Å²) < 4.78 is 5.11. The second-order valence-corrected chi connectivity index (χ2v) is 3.81. The van der Waals surface area contributed by atoms with E-state index in [0.29, 0.717) is 5.75 Å². The van der Waals surface area contributed by atoms with E-state index < -0.39 is 6.04 Å². The average Bonchev–Trinajstić information content (AvgIpc) is 2.46. The van der Waals surface area contributed by atoms with Crippen LogP contribution in [-0.2, 0) is 0 Å². The number of benzene rings is 1. The number of methoxy groups -OCH3 is 1. The summed E-state index contributed by atoms with van der Waals surface area (Å²) in [6.45, 7) is 0. The summed E-state index contributed by atoms with van der Waals surface area (Å²) in [5.74, 6) is 0.188. The van der Waals surface area contributed by atoms with Gasteiger partial charge in [-0.05, 0) is 17.7 Å². The highest BCUT2D eigenvalue weighted by atomic mass is 16.5. The average molecular weight is 242 g/mol. The first-order chi connectivity index (χ1) is 8.74. The molecule has 1 unspecified atom stereocenters. The van der Waals surface area contributed by atoms with E-state index in [2.05, 4.69) is 4.98 Å². The highest BCUT2D eigenvalue weighted by Crippen LogP contribution is 2.21. The van der Waals surface area contributed by atoms with Crippen molar-refractivity contribution >= 4 is 5.78 Å². The van der Waals surface area contributed by atoms with Gasteiger partial charge >= 0.3 is 0 Å². The van der Waals surface area contributed by atoms with Crippen LogP contribution in [0, 0.1) is 0 Å². The first-order valence-corrected chi connectivity index (χ1v) is 5.58. The van der Waals surface area contributed by atoms with Crippen molar-refractivity contribution in [3.8, 4) is 5.75 Å². The number of ketones is 1. The fourth-order valence-electron chi connectivity index (χ4n) is 1.70. The Hall–Kier alpha value is -2.20. The summed E-state index contributed by atoms with van der Waals surface area (Å²) in [5.41, 5.74) is 6.97. The molecule has 2 aromatic rings. The first kappa shape index (κ1) is 12.3. The molecule has 0 aliphatic rings. The van der Waals surface area contributed by atoms with Crippen LogP contribution in [0.1, 0.15) is 22.1 Å². The lowest BCUT2D eigenvalue weighted by Crippen LogP contribution is -2.22. The second kappa shape index (κ2) is 5.42. The monoisotopic (exact) mass is 242 g/mol. The first-order valence-electron chi connectivity index (χ1n) is 5.58. The summed E-state index contributed by atoms with van der Waals surface area (Å²) in [4.78, 5) is 16.3. The number of nitrogens with two attached hydrogens (primary N) is 1. The van der Waals surface area contributed by atoms with Crippen molar-refractivity contribution in [2.24, 2.45) is 5.73 Å². The van der Waals surface area contributed by atoms with Crippen molar-refractivity contribution in [2.45, 2.75) is 6.04 Å². The van der Waals surface area contributed by atoms with E-state index in [-0.39, 0.29) is 11.5 Å². The van der Waals surface area contributed by atoms with Gasteiger partial charge in [0.25, 0.3) is 0 Å². The fraction of sp³-hybridized carbons (Fsp3) is 0.143. The van der Waals surface area contributed by atoms with Crippen LogP contribution in [0.4, 0.5) is 0 Å². The molecule has 0 radical (unpaired) electrons. The molecule has 1 heterocycles. The summed E-state index contributed by atoms with van der Waals surface area (Å²) in [6, 6.07) is 11.9. The van der Waals surface area contributed by atoms with Crippen LogP contribution in [0.2, 0.25) is 0 Å². The molecule has 1 atom stereocenters. The Morgan fingerprint density at radius 1 is 1.22 bits per heavy atom. The predicted octanol–water partition coefficient (Wildman–Crippen LogP) is 1.97. The molecular formula is C14H14N2O2. The second-order valence-electron chi connectivity index (χ2n) is 3.81. The number of pyridine rings is 1. The fourth-order valence-corrected chi connectivity index (χ4v) is 1.70. The van der Waals surface area contributed by atoms with Crippen molar-refractivity contribution < 1.29 is 9.53 Å². The number of aromatic nitrogens is 1. The summed E-state index contributed by atoms with van der Waals surface area (Å²) in [5, 5.41) is 0. The minimum atomic E-state index is -0.727. The molecule has 4 heteroatoms. The minimum absolute atomic E-state index is 0.251. The van der Waals surface area contributed by atoms with Gasteiger partial charge in [0.05, 0.1) is 13.2 Å². The van der Waals surface area contributed by atoms with Crippen molar-refractivity contribution in [3.63, 3.8) is 0 Å². The molecule has 92 valence electrons. The van der Waals surface area contributed by atoms with Crippen molar-refractivity contribution in [1.82, 2.24) is 4.98 Å². The number of rotatable bonds is 4. The lowest BCUT2D eigenvalue weighted by Gasteiger charge is -2.12. The third kappa shape index (κ3) is 2.38. The van der Waals surface area contributed by atoms with Gasteiger partial charge in [0.1, 0.15) is 11.4 Å². The number of carbonyl (C=O) groups excluding carboxylic acids is 1. The summed E-state index contributed by atoms with van der Waals surface area (Å²) in [7, 11) is 1.50. The van der Waals surface area contributed by atoms with Crippen LogP contribution in [-0.4, -0.2) is 17.9 Å². The largest absolute Gasteiger partial charge is 0.494 e. The van der Waals surface area contributed by atoms with Crippen molar-refractivity contribution in [2.75, 3.05) is 7.11 Å². The van der Waals surface area contributed by atoms with Crippen LogP contribution in [0.5, 0.6) is 5.75 Å². The molecule has 2 N–H and O–H groups in total. The minimum Gasteiger partial charge on any atom is -0.494 e. The number of nitrogens with zero attached hydrogens (tertiary/aromatic N) is 1. The molecular weight excluding hydrogens is 228 g/mol. The Morgan fingerprint density at radius 2 is 1.94 bits per heavy atom. The molecule has 4 nitrogen and oxygen atoms in total. The number of Topliss-reactive ketones (excluding diaryl/α,β-unsaturated/α-hetero) is 1. The van der Waals surface area contributed by atoms with Crippen LogP contribution >= 0.6 is 0 Å². The highest BCUT2D eigenvalue weighted by molar-refractivity contribution is 6.01. The van der Waals surface area contributed by atoms with Gasteiger partial charge in [-0.15, -0.1) is 0 Å². The zero-order valence-electron chi connectivity index (χ0n) is 10.0. The molecule has 1 aromatic heterocycles. The van der Waals surface area contributed by atoms with Gasteiger partial charge in [-0.3, -0.25) is 4.79 Å². The Balaban J connectivity index is 2.32. The molecule has 0 saturated heterocycles. The SMILES string of the molecule is COc1cccnc1C(=O)C(N)c1ccccc1. The maximum atomic E-state index is 12.3. The van der Waals surface area contributed by atoms with E-state index in [1.165, 1.54) is 7.11 Å². The summed E-state index contributed by atoms with van der Waals surface area (Å²) >= 11 is 0. The normalized spacial score (nSPS) is 11.9. The van der Waals surface area contributed by atoms with Gasteiger partial charge in [-0.2, -0.15) is 0 Å². The van der Waals surface area contributed by atoms with E-state index in [1.54, 1.807) is 18.3 Å². The van der Waals surface area contributed by atoms with Crippen LogP contribution in [0.15, 0.2) is 48.7 Å². The van der Waals surface area contributed by atoms with Crippen LogP contribution in [0.25, 0.3) is 0 Å². The highest BCUT2D eigenvalue weighted by Gasteiger charge is 2.21. The number of carbonyl (C=O) groups is 1. The molecule has 0 spiro atoms. The lowest BCUT2D eigenvalue weighted by atomic mass is 10.0. The topological polar surface area (TPSA) is 65.2 Å². The lowest BCUT2D eigenvalue weighted by molar-refractivity contribution is 0.0953. The van der Waals surface area contributed by atoms with E-state index >= 15 is 0 Å².